The molecule has 2 aromatic rings. The molecule has 0 aliphatic heterocycles. The van der Waals surface area contributed by atoms with Crippen molar-refractivity contribution in [3.8, 4) is 11.5 Å². The SMILES string of the molecule is COc1ccc([C@@H](O)[P@](=O)(OC2CCCCC2)c2ccc(N(C)C)cc2)c(OC)c1. The van der Waals surface area contributed by atoms with Gasteiger partial charge in [0.1, 0.15) is 11.5 Å². The lowest BCUT2D eigenvalue weighted by Crippen LogP contribution is -2.22. The summed E-state index contributed by atoms with van der Waals surface area (Å²) in [5.41, 5.74) is 1.41. The Morgan fingerprint density at radius 2 is 1.67 bits per heavy atom. The topological polar surface area (TPSA) is 68.2 Å². The average molecular weight is 433 g/mol. The first-order chi connectivity index (χ1) is 14.4. The van der Waals surface area contributed by atoms with Gasteiger partial charge in [0.15, 0.2) is 5.85 Å². The van der Waals surface area contributed by atoms with E-state index in [4.69, 9.17) is 14.0 Å². The van der Waals surface area contributed by atoms with E-state index in [0.717, 1.165) is 37.8 Å². The Labute approximate surface area is 179 Å². The molecule has 30 heavy (non-hydrogen) atoms. The summed E-state index contributed by atoms with van der Waals surface area (Å²) in [6, 6.07) is 12.5. The predicted molar refractivity (Wildman–Crippen MR) is 120 cm³/mol. The highest BCUT2D eigenvalue weighted by Crippen LogP contribution is 2.60. The Morgan fingerprint density at radius 1 is 1.00 bits per heavy atom. The summed E-state index contributed by atoms with van der Waals surface area (Å²) in [4.78, 5) is 1.97. The lowest BCUT2D eigenvalue weighted by atomic mass is 9.98. The van der Waals surface area contributed by atoms with Gasteiger partial charge in [0.05, 0.1) is 20.3 Å². The smallest absolute Gasteiger partial charge is 0.264 e. The van der Waals surface area contributed by atoms with E-state index in [9.17, 15) is 9.67 Å². The summed E-state index contributed by atoms with van der Waals surface area (Å²) >= 11 is 0. The molecule has 0 spiro atoms. The number of ether oxygens (including phenoxy) is 2. The van der Waals surface area contributed by atoms with Gasteiger partial charge in [-0.15, -0.1) is 0 Å². The minimum absolute atomic E-state index is 0.128. The summed E-state index contributed by atoms with van der Waals surface area (Å²) in [6.45, 7) is 0. The Morgan fingerprint density at radius 3 is 2.23 bits per heavy atom. The molecule has 1 aliphatic carbocycles. The van der Waals surface area contributed by atoms with Crippen LogP contribution in [0.25, 0.3) is 0 Å². The van der Waals surface area contributed by atoms with Gasteiger partial charge in [-0.3, -0.25) is 4.57 Å². The van der Waals surface area contributed by atoms with Gasteiger partial charge < -0.3 is 24.0 Å². The summed E-state index contributed by atoms with van der Waals surface area (Å²) in [5, 5.41) is 11.9. The highest BCUT2D eigenvalue weighted by molar-refractivity contribution is 7.67. The second kappa shape index (κ2) is 9.86. The molecule has 2 atom stereocenters. The third-order valence-electron chi connectivity index (χ3n) is 5.62. The van der Waals surface area contributed by atoms with Crippen molar-refractivity contribution in [2.45, 2.75) is 44.1 Å². The van der Waals surface area contributed by atoms with E-state index in [0.29, 0.717) is 22.4 Å². The van der Waals surface area contributed by atoms with Crippen molar-refractivity contribution in [3.63, 3.8) is 0 Å². The standard InChI is InChI=1S/C23H32NO5P/c1-24(2)17-10-13-20(14-11-17)30(26,29-18-8-6-5-7-9-18)23(25)21-15-12-19(27-3)16-22(21)28-4/h10-16,18,23,25H,5-9H2,1-4H3/t23-,30+/m0/s1. The molecule has 1 fully saturated rings. The van der Waals surface area contributed by atoms with Gasteiger partial charge in [0, 0.05) is 36.7 Å². The number of methoxy groups -OCH3 is 2. The molecule has 0 amide bonds. The maximum absolute atomic E-state index is 14.3. The lowest BCUT2D eigenvalue weighted by Gasteiger charge is -2.31. The van der Waals surface area contributed by atoms with E-state index in [2.05, 4.69) is 0 Å². The van der Waals surface area contributed by atoms with Crippen molar-refractivity contribution in [2.75, 3.05) is 33.2 Å². The minimum Gasteiger partial charge on any atom is -0.497 e. The largest absolute Gasteiger partial charge is 0.497 e. The van der Waals surface area contributed by atoms with Crippen molar-refractivity contribution in [1.82, 2.24) is 0 Å². The predicted octanol–water partition coefficient (Wildman–Crippen LogP) is 4.71. The number of hydrogen-bond donors (Lipinski definition) is 1. The number of aliphatic hydroxyl groups excluding tert-OH is 1. The van der Waals surface area contributed by atoms with E-state index < -0.39 is 13.2 Å². The normalized spacial score (nSPS) is 17.8. The van der Waals surface area contributed by atoms with Crippen molar-refractivity contribution in [1.29, 1.82) is 0 Å². The van der Waals surface area contributed by atoms with Crippen LogP contribution in [-0.2, 0) is 9.09 Å². The molecule has 0 saturated heterocycles. The molecule has 3 rings (SSSR count). The quantitative estimate of drug-likeness (QED) is 0.608. The number of benzene rings is 2. The Balaban J connectivity index is 2.03. The van der Waals surface area contributed by atoms with E-state index in [1.54, 1.807) is 37.4 Å². The first kappa shape index (κ1) is 22.7. The molecule has 0 unspecified atom stereocenters. The fourth-order valence-corrected chi connectivity index (χ4v) is 6.14. The minimum atomic E-state index is -3.65. The van der Waals surface area contributed by atoms with Crippen molar-refractivity contribution in [2.24, 2.45) is 0 Å². The van der Waals surface area contributed by atoms with E-state index in [1.165, 1.54) is 7.11 Å². The molecule has 0 bridgehead atoms. The van der Waals surface area contributed by atoms with Gasteiger partial charge in [-0.2, -0.15) is 0 Å². The van der Waals surface area contributed by atoms with Crippen LogP contribution in [0.1, 0.15) is 43.5 Å². The van der Waals surface area contributed by atoms with Crippen molar-refractivity contribution < 1.29 is 23.7 Å². The van der Waals surface area contributed by atoms with Crippen LogP contribution in [0.3, 0.4) is 0 Å². The summed E-state index contributed by atoms with van der Waals surface area (Å²) in [6.07, 6.45) is 4.84. The molecule has 6 nitrogen and oxygen atoms in total. The number of anilines is 1. The second-order valence-electron chi connectivity index (χ2n) is 7.85. The Bertz CT molecular complexity index is 878. The molecule has 164 valence electrons. The fraction of sp³-hybridized carbons (Fsp3) is 0.478. The van der Waals surface area contributed by atoms with Crippen LogP contribution in [-0.4, -0.2) is 39.5 Å². The van der Waals surface area contributed by atoms with Crippen LogP contribution in [0.5, 0.6) is 11.5 Å². The molecule has 0 aromatic heterocycles. The van der Waals surface area contributed by atoms with E-state index in [1.807, 2.05) is 31.1 Å². The van der Waals surface area contributed by atoms with Crippen molar-refractivity contribution >= 4 is 18.4 Å². The summed E-state index contributed by atoms with van der Waals surface area (Å²) < 4.78 is 31.3. The van der Waals surface area contributed by atoms with Gasteiger partial charge in [0.25, 0.3) is 7.37 Å². The third kappa shape index (κ3) is 4.83. The average Bonchev–Trinajstić information content (AvgIpc) is 2.78. The van der Waals surface area contributed by atoms with E-state index >= 15 is 0 Å². The molecule has 1 N–H and O–H groups in total. The number of hydrogen-bond acceptors (Lipinski definition) is 6. The zero-order valence-corrected chi connectivity index (χ0v) is 19.1. The molecule has 2 aromatic carbocycles. The van der Waals surface area contributed by atoms with Gasteiger partial charge in [-0.25, -0.2) is 0 Å². The maximum Gasteiger partial charge on any atom is 0.264 e. The zero-order valence-electron chi connectivity index (χ0n) is 18.2. The van der Waals surface area contributed by atoms with Gasteiger partial charge in [0.2, 0.25) is 0 Å². The molecular formula is C23H32NO5P. The monoisotopic (exact) mass is 433 g/mol. The van der Waals surface area contributed by atoms with Gasteiger partial charge in [-0.05, 0) is 49.2 Å². The highest BCUT2D eigenvalue weighted by Gasteiger charge is 2.40. The Hall–Kier alpha value is -2.01. The molecule has 0 heterocycles. The first-order valence-corrected chi connectivity index (χ1v) is 12.0. The molecule has 1 aliphatic rings. The highest BCUT2D eigenvalue weighted by atomic mass is 31.2. The summed E-state index contributed by atoms with van der Waals surface area (Å²) in [7, 11) is 3.33. The van der Waals surface area contributed by atoms with Crippen LogP contribution in [0.4, 0.5) is 5.69 Å². The fourth-order valence-electron chi connectivity index (χ4n) is 3.83. The van der Waals surface area contributed by atoms with Gasteiger partial charge in [-0.1, -0.05) is 19.3 Å². The second-order valence-corrected chi connectivity index (χ2v) is 10.3. The first-order valence-electron chi connectivity index (χ1n) is 10.3. The van der Waals surface area contributed by atoms with Crippen LogP contribution in [0.2, 0.25) is 0 Å². The van der Waals surface area contributed by atoms with Crippen molar-refractivity contribution in [3.05, 3.63) is 48.0 Å². The van der Waals surface area contributed by atoms with Crippen LogP contribution in [0, 0.1) is 0 Å². The number of nitrogens with zero attached hydrogens (tertiary/aromatic N) is 1. The third-order valence-corrected chi connectivity index (χ3v) is 8.18. The Kier molecular flexibility index (Phi) is 7.45. The number of aliphatic hydroxyl groups is 1. The molecule has 1 saturated carbocycles. The molecular weight excluding hydrogens is 401 g/mol. The number of rotatable bonds is 8. The molecule has 7 heteroatoms. The molecule has 0 radical (unpaired) electrons. The summed E-state index contributed by atoms with van der Waals surface area (Å²) in [5.74, 6) is -0.328. The van der Waals surface area contributed by atoms with Gasteiger partial charge >= 0.3 is 0 Å². The lowest BCUT2D eigenvalue weighted by molar-refractivity contribution is 0.136. The maximum atomic E-state index is 14.3. The van der Waals surface area contributed by atoms with Crippen LogP contribution in [0.15, 0.2) is 42.5 Å². The van der Waals surface area contributed by atoms with Crippen LogP contribution < -0.4 is 19.7 Å². The van der Waals surface area contributed by atoms with Crippen LogP contribution >= 0.6 is 7.37 Å². The zero-order chi connectivity index (χ0) is 21.7. The van der Waals surface area contributed by atoms with E-state index in [-0.39, 0.29) is 6.10 Å².